The summed E-state index contributed by atoms with van der Waals surface area (Å²) >= 11 is 1.62. The molecule has 1 saturated heterocycles. The van der Waals surface area contributed by atoms with Crippen molar-refractivity contribution in [1.29, 1.82) is 0 Å². The maximum absolute atomic E-state index is 13.2. The summed E-state index contributed by atoms with van der Waals surface area (Å²) in [7, 11) is -3.78. The van der Waals surface area contributed by atoms with Crippen LogP contribution in [0.3, 0.4) is 0 Å². The molecule has 0 saturated carbocycles. The van der Waals surface area contributed by atoms with Crippen molar-refractivity contribution in [3.63, 3.8) is 0 Å². The number of nitrogen functional groups attached to an aromatic ring is 1. The first kappa shape index (κ1) is 22.2. The third-order valence-electron chi connectivity index (χ3n) is 6.26. The van der Waals surface area contributed by atoms with Gasteiger partial charge in [-0.2, -0.15) is 4.31 Å². The van der Waals surface area contributed by atoms with E-state index in [4.69, 9.17) is 10.5 Å². The first-order chi connectivity index (χ1) is 15.9. The predicted octanol–water partition coefficient (Wildman–Crippen LogP) is 3.68. The number of benzene rings is 1. The molecule has 2 N–H and O–H groups in total. The van der Waals surface area contributed by atoms with E-state index in [1.54, 1.807) is 23.5 Å². The summed E-state index contributed by atoms with van der Waals surface area (Å²) in [6.45, 7) is 0.743. The van der Waals surface area contributed by atoms with Gasteiger partial charge in [-0.25, -0.2) is 23.2 Å². The summed E-state index contributed by atoms with van der Waals surface area (Å²) in [6.07, 6.45) is 6.96. The number of sulfonamides is 1. The first-order valence-corrected chi connectivity index (χ1v) is 13.5. The maximum Gasteiger partial charge on any atom is 0.339 e. The topological polar surface area (TPSA) is 115 Å². The lowest BCUT2D eigenvalue weighted by atomic mass is 9.97. The summed E-state index contributed by atoms with van der Waals surface area (Å²) in [5.74, 6) is -0.0132. The summed E-state index contributed by atoms with van der Waals surface area (Å²) in [4.78, 5) is 23.9. The number of carbonyl (C=O) groups excluding carboxylic acids is 1. The number of piperidine rings is 1. The van der Waals surface area contributed by atoms with E-state index in [0.717, 1.165) is 55.2 Å². The van der Waals surface area contributed by atoms with Crippen LogP contribution in [0.2, 0.25) is 0 Å². The SMILES string of the molecule is Nc1nc(COC(=O)c2ccccc2S(=O)(=O)N2CCCCC2)nc2sc3c(c12)CCCC3. The molecule has 1 aliphatic carbocycles. The molecule has 8 nitrogen and oxygen atoms in total. The van der Waals surface area contributed by atoms with Gasteiger partial charge in [0.05, 0.1) is 15.8 Å². The quantitative estimate of drug-likeness (QED) is 0.547. The molecule has 1 fully saturated rings. The monoisotopic (exact) mass is 486 g/mol. The van der Waals surface area contributed by atoms with Gasteiger partial charge in [0, 0.05) is 18.0 Å². The van der Waals surface area contributed by atoms with Crippen LogP contribution in [-0.2, 0) is 34.2 Å². The van der Waals surface area contributed by atoms with E-state index in [-0.39, 0.29) is 17.1 Å². The third kappa shape index (κ3) is 4.22. The molecule has 3 aromatic rings. The third-order valence-corrected chi connectivity index (χ3v) is 9.40. The van der Waals surface area contributed by atoms with E-state index in [0.29, 0.717) is 24.7 Å². The molecule has 0 atom stereocenters. The van der Waals surface area contributed by atoms with Gasteiger partial charge in [-0.15, -0.1) is 11.3 Å². The van der Waals surface area contributed by atoms with Crippen LogP contribution in [0.25, 0.3) is 10.2 Å². The van der Waals surface area contributed by atoms with Crippen molar-refractivity contribution in [3.8, 4) is 0 Å². The molecule has 33 heavy (non-hydrogen) atoms. The zero-order valence-electron chi connectivity index (χ0n) is 18.2. The number of esters is 1. The van der Waals surface area contributed by atoms with Crippen molar-refractivity contribution in [2.45, 2.75) is 56.4 Å². The van der Waals surface area contributed by atoms with Crippen molar-refractivity contribution in [3.05, 3.63) is 46.1 Å². The number of nitrogens with two attached hydrogens (primary N) is 1. The molecule has 2 aromatic heterocycles. The molecule has 5 rings (SSSR count). The summed E-state index contributed by atoms with van der Waals surface area (Å²) in [6, 6.07) is 6.18. The highest BCUT2D eigenvalue weighted by Crippen LogP contribution is 2.37. The van der Waals surface area contributed by atoms with Crippen LogP contribution in [0.4, 0.5) is 5.82 Å². The van der Waals surface area contributed by atoms with Gasteiger partial charge in [0.2, 0.25) is 10.0 Å². The number of aromatic nitrogens is 2. The number of nitrogens with zero attached hydrogens (tertiary/aromatic N) is 3. The van der Waals surface area contributed by atoms with Gasteiger partial charge in [0.25, 0.3) is 0 Å². The van der Waals surface area contributed by atoms with E-state index < -0.39 is 16.0 Å². The van der Waals surface area contributed by atoms with E-state index in [9.17, 15) is 13.2 Å². The van der Waals surface area contributed by atoms with E-state index in [1.807, 2.05) is 0 Å². The van der Waals surface area contributed by atoms with Gasteiger partial charge in [-0.1, -0.05) is 18.6 Å². The van der Waals surface area contributed by atoms with E-state index in [1.165, 1.54) is 26.9 Å². The second kappa shape index (κ2) is 9.00. The molecule has 3 heterocycles. The summed E-state index contributed by atoms with van der Waals surface area (Å²) < 4.78 is 33.2. The maximum atomic E-state index is 13.2. The van der Waals surface area contributed by atoms with Crippen LogP contribution in [-0.4, -0.2) is 41.7 Å². The van der Waals surface area contributed by atoms with Gasteiger partial charge in [-0.05, 0) is 56.2 Å². The molecule has 1 aliphatic heterocycles. The van der Waals surface area contributed by atoms with Gasteiger partial charge in [-0.3, -0.25) is 0 Å². The number of hydrogen-bond donors (Lipinski definition) is 1. The Kier molecular flexibility index (Phi) is 6.07. The normalized spacial score (nSPS) is 17.1. The number of rotatable bonds is 5. The minimum absolute atomic E-state index is 0.0173. The fourth-order valence-electron chi connectivity index (χ4n) is 4.61. The molecular formula is C23H26N4O4S2. The number of fused-ring (bicyclic) bond motifs is 3. The number of thiophene rings is 1. The lowest BCUT2D eigenvalue weighted by Gasteiger charge is -2.26. The Hall–Kier alpha value is -2.56. The number of hydrogen-bond acceptors (Lipinski definition) is 8. The molecule has 0 spiro atoms. The highest BCUT2D eigenvalue weighted by atomic mass is 32.2. The molecule has 0 unspecified atom stereocenters. The zero-order valence-corrected chi connectivity index (χ0v) is 19.9. The average molecular weight is 487 g/mol. The number of carbonyl (C=O) groups is 1. The van der Waals surface area contributed by atoms with Crippen LogP contribution < -0.4 is 5.73 Å². The Balaban J connectivity index is 1.37. The average Bonchev–Trinajstić information content (AvgIpc) is 3.22. The van der Waals surface area contributed by atoms with Crippen molar-refractivity contribution in [2.75, 3.05) is 18.8 Å². The Morgan fingerprint density at radius 1 is 1.06 bits per heavy atom. The molecule has 0 bridgehead atoms. The number of anilines is 1. The lowest BCUT2D eigenvalue weighted by molar-refractivity contribution is 0.0458. The Morgan fingerprint density at radius 2 is 1.82 bits per heavy atom. The molecule has 0 radical (unpaired) electrons. The molecule has 174 valence electrons. The standard InChI is InChI=1S/C23H26N4O4S2/c24-21-20-15-8-2-4-10-17(15)32-22(20)26-19(25-21)14-31-23(28)16-9-3-5-11-18(16)33(29,30)27-12-6-1-7-13-27/h3,5,9,11H,1-2,4,6-8,10,12-14H2,(H2,24,25,26). The Morgan fingerprint density at radius 3 is 2.64 bits per heavy atom. The van der Waals surface area contributed by atoms with Crippen LogP contribution >= 0.6 is 11.3 Å². The zero-order chi connectivity index (χ0) is 23.0. The second-order valence-electron chi connectivity index (χ2n) is 8.45. The number of aryl methyl sites for hydroxylation is 2. The first-order valence-electron chi connectivity index (χ1n) is 11.3. The fourth-order valence-corrected chi connectivity index (χ4v) is 7.59. The van der Waals surface area contributed by atoms with Gasteiger partial charge in [0.15, 0.2) is 12.4 Å². The van der Waals surface area contributed by atoms with Crippen molar-refractivity contribution >= 4 is 43.4 Å². The van der Waals surface area contributed by atoms with Crippen LogP contribution in [0.5, 0.6) is 0 Å². The lowest BCUT2D eigenvalue weighted by Crippen LogP contribution is -2.36. The Bertz CT molecular complexity index is 1310. The van der Waals surface area contributed by atoms with Crippen LogP contribution in [0, 0.1) is 0 Å². The molecule has 2 aliphatic rings. The molecule has 10 heteroatoms. The predicted molar refractivity (Wildman–Crippen MR) is 127 cm³/mol. The van der Waals surface area contributed by atoms with Crippen LogP contribution in [0.15, 0.2) is 29.2 Å². The van der Waals surface area contributed by atoms with Gasteiger partial charge >= 0.3 is 5.97 Å². The summed E-state index contributed by atoms with van der Waals surface area (Å²) in [5, 5.41) is 0.919. The van der Waals surface area contributed by atoms with Crippen molar-refractivity contribution in [2.24, 2.45) is 0 Å². The number of ether oxygens (including phenoxy) is 1. The Labute approximate surface area is 196 Å². The highest BCUT2D eigenvalue weighted by molar-refractivity contribution is 7.89. The second-order valence-corrected chi connectivity index (χ2v) is 11.4. The molecular weight excluding hydrogens is 460 g/mol. The molecule has 0 amide bonds. The van der Waals surface area contributed by atoms with Gasteiger partial charge < -0.3 is 10.5 Å². The summed E-state index contributed by atoms with van der Waals surface area (Å²) in [5.41, 5.74) is 7.50. The van der Waals surface area contributed by atoms with Crippen molar-refractivity contribution < 1.29 is 17.9 Å². The minimum atomic E-state index is -3.78. The largest absolute Gasteiger partial charge is 0.454 e. The fraction of sp³-hybridized carbons (Fsp3) is 0.435. The van der Waals surface area contributed by atoms with Crippen LogP contribution in [0.1, 0.15) is 58.7 Å². The minimum Gasteiger partial charge on any atom is -0.454 e. The highest BCUT2D eigenvalue weighted by Gasteiger charge is 2.30. The molecule has 1 aromatic carbocycles. The van der Waals surface area contributed by atoms with E-state index in [2.05, 4.69) is 9.97 Å². The van der Waals surface area contributed by atoms with Gasteiger partial charge in [0.1, 0.15) is 10.6 Å². The smallest absolute Gasteiger partial charge is 0.339 e. The van der Waals surface area contributed by atoms with Crippen molar-refractivity contribution in [1.82, 2.24) is 14.3 Å². The van der Waals surface area contributed by atoms with E-state index >= 15 is 0 Å².